The molecule has 1 N–H and O–H groups in total. The first-order valence-corrected chi connectivity index (χ1v) is 12.3. The number of thioether (sulfide) groups is 1. The SMILES string of the molecule is COc1ccc2c(c1)[C@]1(SCCN1C(=O)Nc1ccc(Cl)cc1)C(=O)N2Cc1cccc(C#N)c1. The van der Waals surface area contributed by atoms with E-state index in [0.29, 0.717) is 39.9 Å². The summed E-state index contributed by atoms with van der Waals surface area (Å²) in [6.45, 7) is 0.687. The molecular formula is C26H21ClN4O3S. The van der Waals surface area contributed by atoms with E-state index in [4.69, 9.17) is 16.3 Å². The van der Waals surface area contributed by atoms with Crippen molar-refractivity contribution in [2.75, 3.05) is 29.6 Å². The van der Waals surface area contributed by atoms with Crippen LogP contribution in [0.1, 0.15) is 16.7 Å². The Bertz CT molecular complexity index is 1360. The molecule has 0 aromatic heterocycles. The van der Waals surface area contributed by atoms with Gasteiger partial charge in [0, 0.05) is 28.6 Å². The first-order valence-electron chi connectivity index (χ1n) is 10.9. The third-order valence-corrected chi connectivity index (χ3v) is 7.81. The van der Waals surface area contributed by atoms with E-state index in [-0.39, 0.29) is 18.5 Å². The van der Waals surface area contributed by atoms with Gasteiger partial charge in [0.15, 0.2) is 4.87 Å². The fourth-order valence-corrected chi connectivity index (χ4v) is 6.10. The average molecular weight is 505 g/mol. The first-order chi connectivity index (χ1) is 17.0. The van der Waals surface area contributed by atoms with Crippen molar-refractivity contribution in [3.8, 4) is 11.8 Å². The lowest BCUT2D eigenvalue weighted by Crippen LogP contribution is -2.51. The van der Waals surface area contributed by atoms with Gasteiger partial charge < -0.3 is 15.0 Å². The number of hydrogen-bond acceptors (Lipinski definition) is 5. The number of urea groups is 1. The van der Waals surface area contributed by atoms with Gasteiger partial charge in [0.25, 0.3) is 5.91 Å². The molecule has 0 aliphatic carbocycles. The van der Waals surface area contributed by atoms with Crippen molar-refractivity contribution < 1.29 is 14.3 Å². The number of fused-ring (bicyclic) bond motifs is 2. The zero-order chi connectivity index (χ0) is 24.6. The third kappa shape index (κ3) is 3.97. The van der Waals surface area contributed by atoms with Crippen LogP contribution < -0.4 is 15.0 Å². The molecule has 1 fully saturated rings. The number of carbonyl (C=O) groups excluding carboxylic acids is 2. The summed E-state index contributed by atoms with van der Waals surface area (Å²) in [7, 11) is 1.57. The largest absolute Gasteiger partial charge is 0.497 e. The van der Waals surface area contributed by atoms with E-state index in [1.165, 1.54) is 11.8 Å². The van der Waals surface area contributed by atoms with E-state index < -0.39 is 4.87 Å². The van der Waals surface area contributed by atoms with E-state index in [9.17, 15) is 14.9 Å². The van der Waals surface area contributed by atoms with Crippen molar-refractivity contribution in [3.05, 3.63) is 88.4 Å². The Balaban J connectivity index is 1.54. The maximum Gasteiger partial charge on any atom is 0.323 e. The smallest absolute Gasteiger partial charge is 0.323 e. The molecule has 9 heteroatoms. The molecule has 1 spiro atoms. The maximum atomic E-state index is 14.1. The molecule has 1 atom stereocenters. The maximum absolute atomic E-state index is 14.1. The number of nitriles is 1. The van der Waals surface area contributed by atoms with Gasteiger partial charge in [0.2, 0.25) is 0 Å². The van der Waals surface area contributed by atoms with E-state index >= 15 is 0 Å². The number of carbonyl (C=O) groups is 2. The normalized spacial score (nSPS) is 18.5. The Morgan fingerprint density at radius 1 is 1.20 bits per heavy atom. The molecule has 0 saturated carbocycles. The predicted octanol–water partition coefficient (Wildman–Crippen LogP) is 5.20. The van der Waals surface area contributed by atoms with Gasteiger partial charge in [0.1, 0.15) is 5.75 Å². The van der Waals surface area contributed by atoms with Crippen LogP contribution in [0.15, 0.2) is 66.7 Å². The van der Waals surface area contributed by atoms with E-state index in [0.717, 1.165) is 11.3 Å². The van der Waals surface area contributed by atoms with Gasteiger partial charge in [-0.25, -0.2) is 4.79 Å². The number of anilines is 2. The molecule has 35 heavy (non-hydrogen) atoms. The molecule has 3 amide bonds. The van der Waals surface area contributed by atoms with Gasteiger partial charge >= 0.3 is 6.03 Å². The molecule has 3 aromatic carbocycles. The van der Waals surface area contributed by atoms with Crippen molar-refractivity contribution in [3.63, 3.8) is 0 Å². The van der Waals surface area contributed by atoms with Gasteiger partial charge in [-0.3, -0.25) is 9.69 Å². The fraction of sp³-hybridized carbons (Fsp3) is 0.192. The molecule has 2 heterocycles. The number of methoxy groups -OCH3 is 1. The first kappa shape index (κ1) is 23.1. The van der Waals surface area contributed by atoms with Gasteiger partial charge in [-0.1, -0.05) is 23.7 Å². The Hall–Kier alpha value is -3.67. The summed E-state index contributed by atoms with van der Waals surface area (Å²) in [4.78, 5) is 29.6. The minimum Gasteiger partial charge on any atom is -0.497 e. The van der Waals surface area contributed by atoms with Crippen LogP contribution in [0.3, 0.4) is 0 Å². The minimum atomic E-state index is -1.22. The second kappa shape index (κ2) is 9.17. The Kier molecular flexibility index (Phi) is 6.05. The number of benzene rings is 3. The van der Waals surface area contributed by atoms with Crippen molar-refractivity contribution in [1.82, 2.24) is 4.90 Å². The standard InChI is InChI=1S/C26H21ClN4O3S/c1-34-21-9-10-23-22(14-21)26(24(32)30(23)16-18-4-2-3-17(13-18)15-28)31(11-12-35-26)25(33)29-20-7-5-19(27)6-8-20/h2-10,13-14H,11-12,16H2,1H3,(H,29,33)/t26-/m0/s1. The summed E-state index contributed by atoms with van der Waals surface area (Å²) in [5, 5.41) is 12.8. The van der Waals surface area contributed by atoms with Crippen LogP contribution >= 0.6 is 23.4 Å². The number of nitrogens with zero attached hydrogens (tertiary/aromatic N) is 3. The van der Waals surface area contributed by atoms with Crippen molar-refractivity contribution in [1.29, 1.82) is 5.26 Å². The number of halogens is 1. The van der Waals surface area contributed by atoms with Crippen molar-refractivity contribution >= 4 is 46.7 Å². The number of hydrogen-bond donors (Lipinski definition) is 1. The van der Waals surface area contributed by atoms with Crippen molar-refractivity contribution in [2.24, 2.45) is 0 Å². The lowest BCUT2D eigenvalue weighted by atomic mass is 10.1. The molecule has 7 nitrogen and oxygen atoms in total. The molecule has 0 radical (unpaired) electrons. The summed E-state index contributed by atoms with van der Waals surface area (Å²) in [6, 6.07) is 21.3. The summed E-state index contributed by atoms with van der Waals surface area (Å²) < 4.78 is 5.46. The highest BCUT2D eigenvalue weighted by Crippen LogP contribution is 2.55. The number of nitrogens with one attached hydrogen (secondary N) is 1. The fourth-order valence-electron chi connectivity index (χ4n) is 4.52. The van der Waals surface area contributed by atoms with E-state index in [2.05, 4.69) is 11.4 Å². The van der Waals surface area contributed by atoms with Crippen LogP contribution in [-0.4, -0.2) is 36.2 Å². The topological polar surface area (TPSA) is 85.7 Å². The zero-order valence-corrected chi connectivity index (χ0v) is 20.4. The van der Waals surface area contributed by atoms with E-state index in [1.54, 1.807) is 59.4 Å². The van der Waals surface area contributed by atoms with Gasteiger partial charge in [-0.15, -0.1) is 11.8 Å². The zero-order valence-electron chi connectivity index (χ0n) is 18.8. The molecule has 3 aromatic rings. The number of rotatable bonds is 4. The molecular weight excluding hydrogens is 484 g/mol. The monoisotopic (exact) mass is 504 g/mol. The Morgan fingerprint density at radius 2 is 2.00 bits per heavy atom. The lowest BCUT2D eigenvalue weighted by molar-refractivity contribution is -0.123. The third-order valence-electron chi connectivity index (χ3n) is 6.14. The molecule has 1 saturated heterocycles. The molecule has 2 aliphatic rings. The summed E-state index contributed by atoms with van der Waals surface area (Å²) >= 11 is 7.41. The highest BCUT2D eigenvalue weighted by Gasteiger charge is 2.59. The highest BCUT2D eigenvalue weighted by molar-refractivity contribution is 8.01. The second-order valence-corrected chi connectivity index (χ2v) is 9.89. The van der Waals surface area contributed by atoms with Gasteiger partial charge in [0.05, 0.1) is 31.0 Å². The van der Waals surface area contributed by atoms with Gasteiger partial charge in [-0.2, -0.15) is 5.26 Å². The minimum absolute atomic E-state index is 0.197. The number of amides is 3. The quantitative estimate of drug-likeness (QED) is 0.527. The Labute approximate surface area is 212 Å². The highest BCUT2D eigenvalue weighted by atomic mass is 35.5. The molecule has 5 rings (SSSR count). The van der Waals surface area contributed by atoms with Gasteiger partial charge in [-0.05, 0) is 60.2 Å². The summed E-state index contributed by atoms with van der Waals surface area (Å²) in [6.07, 6.45) is 0. The molecule has 2 aliphatic heterocycles. The van der Waals surface area contributed by atoms with Crippen LogP contribution in [-0.2, 0) is 16.2 Å². The second-order valence-electron chi connectivity index (χ2n) is 8.17. The summed E-state index contributed by atoms with van der Waals surface area (Å²) in [5.41, 5.74) is 3.38. The predicted molar refractivity (Wildman–Crippen MR) is 137 cm³/mol. The van der Waals surface area contributed by atoms with Crippen LogP contribution in [0.2, 0.25) is 5.02 Å². The average Bonchev–Trinajstić information content (AvgIpc) is 3.42. The molecule has 176 valence electrons. The Morgan fingerprint density at radius 3 is 2.74 bits per heavy atom. The van der Waals surface area contributed by atoms with Crippen LogP contribution in [0, 0.1) is 11.3 Å². The van der Waals surface area contributed by atoms with Crippen LogP contribution in [0.25, 0.3) is 0 Å². The summed E-state index contributed by atoms with van der Waals surface area (Å²) in [5.74, 6) is 1.01. The van der Waals surface area contributed by atoms with Crippen LogP contribution in [0.5, 0.6) is 5.75 Å². The van der Waals surface area contributed by atoms with Crippen molar-refractivity contribution in [2.45, 2.75) is 11.4 Å². The molecule has 0 bridgehead atoms. The van der Waals surface area contributed by atoms with E-state index in [1.807, 2.05) is 24.3 Å². The molecule has 0 unspecified atom stereocenters. The number of ether oxygens (including phenoxy) is 1. The van der Waals surface area contributed by atoms with Crippen LogP contribution in [0.4, 0.5) is 16.2 Å². The lowest BCUT2D eigenvalue weighted by Gasteiger charge is -2.33.